The van der Waals surface area contributed by atoms with Crippen molar-refractivity contribution in [3.05, 3.63) is 35.1 Å². The fourth-order valence-corrected chi connectivity index (χ4v) is 2.37. The van der Waals surface area contributed by atoms with Gasteiger partial charge in [0, 0.05) is 12.1 Å². The quantitative estimate of drug-likeness (QED) is 0.839. The lowest BCUT2D eigenvalue weighted by Crippen LogP contribution is -2.32. The topological polar surface area (TPSA) is 49.3 Å². The van der Waals surface area contributed by atoms with E-state index in [1.54, 1.807) is 0 Å². The summed E-state index contributed by atoms with van der Waals surface area (Å²) in [6, 6.07) is 1.36. The fraction of sp³-hybridized carbons (Fsp3) is 0.500. The van der Waals surface area contributed by atoms with Crippen LogP contribution in [0.25, 0.3) is 0 Å². The predicted octanol–water partition coefficient (Wildman–Crippen LogP) is 2.38. The number of rotatable bonds is 3. The zero-order chi connectivity index (χ0) is 14.7. The number of hydrogen-bond donors (Lipinski definition) is 2. The van der Waals surface area contributed by atoms with Crippen LogP contribution in [0.2, 0.25) is 0 Å². The number of nitrogens with one attached hydrogen (secondary N) is 1. The van der Waals surface area contributed by atoms with Crippen molar-refractivity contribution in [3.8, 4) is 0 Å². The van der Waals surface area contributed by atoms with Crippen LogP contribution in [0.5, 0.6) is 0 Å². The van der Waals surface area contributed by atoms with Gasteiger partial charge in [-0.2, -0.15) is 0 Å². The highest BCUT2D eigenvalue weighted by atomic mass is 19.2. The second kappa shape index (κ2) is 6.26. The van der Waals surface area contributed by atoms with Crippen molar-refractivity contribution in [2.24, 2.45) is 5.92 Å². The number of amides is 1. The molecule has 1 aromatic carbocycles. The average molecular weight is 287 g/mol. The minimum Gasteiger partial charge on any atom is -0.393 e. The molecule has 110 valence electrons. The molecule has 6 heteroatoms. The van der Waals surface area contributed by atoms with Crippen LogP contribution in [0.15, 0.2) is 12.1 Å². The van der Waals surface area contributed by atoms with Crippen molar-refractivity contribution in [2.45, 2.75) is 31.8 Å². The van der Waals surface area contributed by atoms with Crippen molar-refractivity contribution in [1.82, 2.24) is 5.32 Å². The zero-order valence-electron chi connectivity index (χ0n) is 10.8. The normalized spacial score (nSPS) is 22.6. The largest absolute Gasteiger partial charge is 0.393 e. The predicted molar refractivity (Wildman–Crippen MR) is 66.6 cm³/mol. The molecule has 1 amide bonds. The lowest BCUT2D eigenvalue weighted by Gasteiger charge is -2.25. The second-order valence-electron chi connectivity index (χ2n) is 5.14. The van der Waals surface area contributed by atoms with Crippen molar-refractivity contribution >= 4 is 5.91 Å². The Hall–Kier alpha value is -1.56. The molecule has 0 radical (unpaired) electrons. The first-order valence-corrected chi connectivity index (χ1v) is 6.58. The molecule has 0 unspecified atom stereocenters. The van der Waals surface area contributed by atoms with E-state index in [1.165, 1.54) is 0 Å². The van der Waals surface area contributed by atoms with Crippen molar-refractivity contribution in [1.29, 1.82) is 0 Å². The molecule has 2 rings (SSSR count). The van der Waals surface area contributed by atoms with E-state index in [0.29, 0.717) is 31.5 Å². The Labute approximate surface area is 114 Å². The first kappa shape index (κ1) is 14.8. The molecule has 2 N–H and O–H groups in total. The summed E-state index contributed by atoms with van der Waals surface area (Å²) >= 11 is 0. The monoisotopic (exact) mass is 287 g/mol. The van der Waals surface area contributed by atoms with Crippen molar-refractivity contribution in [2.75, 3.05) is 6.54 Å². The molecule has 0 bridgehead atoms. The molecule has 1 aromatic rings. The summed E-state index contributed by atoms with van der Waals surface area (Å²) in [6.07, 6.45) is 2.71. The Morgan fingerprint density at radius 1 is 1.15 bits per heavy atom. The molecule has 3 nitrogen and oxygen atoms in total. The summed E-state index contributed by atoms with van der Waals surface area (Å²) < 4.78 is 38.8. The molecular weight excluding hydrogens is 271 g/mol. The molecule has 0 atom stereocenters. The number of hydrogen-bond acceptors (Lipinski definition) is 2. The average Bonchev–Trinajstić information content (AvgIpc) is 2.43. The second-order valence-corrected chi connectivity index (χ2v) is 5.14. The van der Waals surface area contributed by atoms with Gasteiger partial charge in [0.05, 0.1) is 6.10 Å². The van der Waals surface area contributed by atoms with Gasteiger partial charge in [0.2, 0.25) is 0 Å². The molecule has 0 spiro atoms. The molecule has 1 saturated carbocycles. The number of carbonyl (C=O) groups is 1. The number of carbonyl (C=O) groups excluding carboxylic acids is 1. The van der Waals surface area contributed by atoms with Gasteiger partial charge in [0.1, 0.15) is 0 Å². The highest BCUT2D eigenvalue weighted by Gasteiger charge is 2.20. The Morgan fingerprint density at radius 3 is 2.25 bits per heavy atom. The van der Waals surface area contributed by atoms with Crippen molar-refractivity contribution < 1.29 is 23.1 Å². The molecule has 0 aliphatic heterocycles. The molecule has 1 fully saturated rings. The van der Waals surface area contributed by atoms with Gasteiger partial charge in [-0.25, -0.2) is 13.2 Å². The van der Waals surface area contributed by atoms with Gasteiger partial charge < -0.3 is 10.4 Å². The fourth-order valence-electron chi connectivity index (χ4n) is 2.37. The first-order valence-electron chi connectivity index (χ1n) is 6.58. The molecule has 20 heavy (non-hydrogen) atoms. The molecule has 1 aliphatic carbocycles. The van der Waals surface area contributed by atoms with Crippen LogP contribution >= 0.6 is 0 Å². The van der Waals surface area contributed by atoms with Gasteiger partial charge in [-0.05, 0) is 43.7 Å². The van der Waals surface area contributed by atoms with Crippen LogP contribution in [-0.4, -0.2) is 23.7 Å². The maximum absolute atomic E-state index is 13.0. The maximum atomic E-state index is 13.0. The molecule has 0 aromatic heterocycles. The smallest absolute Gasteiger partial charge is 0.251 e. The van der Waals surface area contributed by atoms with E-state index in [2.05, 4.69) is 5.32 Å². The SMILES string of the molecule is O=C(NCC1CCC(O)CC1)c1cc(F)c(F)c(F)c1. The number of aliphatic hydroxyl groups excluding tert-OH is 1. The Balaban J connectivity index is 1.92. The van der Waals surface area contributed by atoms with Gasteiger partial charge >= 0.3 is 0 Å². The van der Waals surface area contributed by atoms with Gasteiger partial charge in [-0.3, -0.25) is 4.79 Å². The molecule has 0 heterocycles. The molecule has 1 aliphatic rings. The summed E-state index contributed by atoms with van der Waals surface area (Å²) in [5, 5.41) is 11.9. The van der Waals surface area contributed by atoms with Crippen LogP contribution in [0.1, 0.15) is 36.0 Å². The highest BCUT2D eigenvalue weighted by Crippen LogP contribution is 2.23. The Morgan fingerprint density at radius 2 is 1.70 bits per heavy atom. The summed E-state index contributed by atoms with van der Waals surface area (Å²) in [5.41, 5.74) is -0.239. The molecular formula is C14H16F3NO2. The van der Waals surface area contributed by atoms with E-state index in [4.69, 9.17) is 0 Å². The van der Waals surface area contributed by atoms with E-state index in [9.17, 15) is 23.1 Å². The summed E-state index contributed by atoms with van der Waals surface area (Å²) in [4.78, 5) is 11.8. The maximum Gasteiger partial charge on any atom is 0.251 e. The number of aliphatic hydroxyl groups is 1. The van der Waals surface area contributed by atoms with E-state index in [0.717, 1.165) is 12.8 Å². The van der Waals surface area contributed by atoms with E-state index in [1.807, 2.05) is 0 Å². The van der Waals surface area contributed by atoms with E-state index < -0.39 is 23.4 Å². The van der Waals surface area contributed by atoms with E-state index in [-0.39, 0.29) is 17.6 Å². The van der Waals surface area contributed by atoms with Gasteiger partial charge in [0.15, 0.2) is 17.5 Å². The third-order valence-electron chi connectivity index (χ3n) is 3.61. The van der Waals surface area contributed by atoms with Crippen LogP contribution < -0.4 is 5.32 Å². The van der Waals surface area contributed by atoms with Gasteiger partial charge in [-0.1, -0.05) is 0 Å². The summed E-state index contributed by atoms with van der Waals surface area (Å²) in [7, 11) is 0. The highest BCUT2D eigenvalue weighted by molar-refractivity contribution is 5.94. The minimum absolute atomic E-state index is 0.239. The standard InChI is InChI=1S/C14H16F3NO2/c15-11-5-9(6-12(16)13(11)17)14(20)18-7-8-1-3-10(19)4-2-8/h5-6,8,10,19H,1-4,7H2,(H,18,20). The zero-order valence-corrected chi connectivity index (χ0v) is 10.8. The van der Waals surface area contributed by atoms with Gasteiger partial charge in [-0.15, -0.1) is 0 Å². The summed E-state index contributed by atoms with van der Waals surface area (Å²) in [6.45, 7) is 0.381. The minimum atomic E-state index is -1.58. The first-order chi connectivity index (χ1) is 9.47. The lowest BCUT2D eigenvalue weighted by molar-refractivity contribution is 0.0909. The third-order valence-corrected chi connectivity index (χ3v) is 3.61. The Kier molecular flexibility index (Phi) is 4.65. The molecule has 0 saturated heterocycles. The van der Waals surface area contributed by atoms with Crippen LogP contribution in [0, 0.1) is 23.4 Å². The van der Waals surface area contributed by atoms with Crippen molar-refractivity contribution in [3.63, 3.8) is 0 Å². The number of benzene rings is 1. The lowest BCUT2D eigenvalue weighted by atomic mass is 9.87. The summed E-state index contributed by atoms with van der Waals surface area (Å²) in [5.74, 6) is -4.72. The Bertz CT molecular complexity index is 476. The van der Waals surface area contributed by atoms with E-state index >= 15 is 0 Å². The van der Waals surface area contributed by atoms with Crippen LogP contribution in [-0.2, 0) is 0 Å². The van der Waals surface area contributed by atoms with Gasteiger partial charge in [0.25, 0.3) is 5.91 Å². The van der Waals surface area contributed by atoms with Crippen LogP contribution in [0.3, 0.4) is 0 Å². The third kappa shape index (κ3) is 3.50. The van der Waals surface area contributed by atoms with Crippen LogP contribution in [0.4, 0.5) is 13.2 Å². The number of halogens is 3.